The topological polar surface area (TPSA) is 38.7 Å². The van der Waals surface area contributed by atoms with E-state index in [9.17, 15) is 13.2 Å². The van der Waals surface area contributed by atoms with Crippen molar-refractivity contribution in [3.05, 3.63) is 42.0 Å². The van der Waals surface area contributed by atoms with Crippen molar-refractivity contribution in [2.45, 2.75) is 42.4 Å². The van der Waals surface area contributed by atoms with Crippen LogP contribution in [0.4, 0.5) is 13.2 Å². The number of hydrogen-bond acceptors (Lipinski definition) is 4. The summed E-state index contributed by atoms with van der Waals surface area (Å²) >= 11 is 1.21. The third-order valence-corrected chi connectivity index (χ3v) is 3.46. The van der Waals surface area contributed by atoms with E-state index in [-0.39, 0.29) is 5.41 Å². The van der Waals surface area contributed by atoms with Gasteiger partial charge in [-0.1, -0.05) is 20.8 Å². The number of hydrogen-bond donors (Lipinski definition) is 0. The standard InChI is InChI=1S/C14H14F3N3S/c1-13(2,3)12-18-7-6-11(20-12)21-10-5-4-9(8-19-10)14(15,16)17/h4-8H,1-3H3. The highest BCUT2D eigenvalue weighted by atomic mass is 32.2. The molecule has 0 spiro atoms. The van der Waals surface area contributed by atoms with Gasteiger partial charge in [0.15, 0.2) is 0 Å². The quantitative estimate of drug-likeness (QED) is 0.773. The lowest BCUT2D eigenvalue weighted by Crippen LogP contribution is -2.15. The van der Waals surface area contributed by atoms with Gasteiger partial charge in [0.05, 0.1) is 5.56 Å². The van der Waals surface area contributed by atoms with Gasteiger partial charge in [0.2, 0.25) is 0 Å². The second kappa shape index (κ2) is 5.63. The third-order valence-electron chi connectivity index (χ3n) is 2.57. The predicted molar refractivity (Wildman–Crippen MR) is 74.1 cm³/mol. The summed E-state index contributed by atoms with van der Waals surface area (Å²) in [5.74, 6) is 0.680. The minimum atomic E-state index is -4.37. The van der Waals surface area contributed by atoms with Crippen LogP contribution >= 0.6 is 11.8 Å². The molecule has 21 heavy (non-hydrogen) atoms. The van der Waals surface area contributed by atoms with Gasteiger partial charge < -0.3 is 0 Å². The van der Waals surface area contributed by atoms with Gasteiger partial charge in [0.25, 0.3) is 0 Å². The average Bonchev–Trinajstić information content (AvgIpc) is 2.37. The zero-order valence-electron chi connectivity index (χ0n) is 11.8. The van der Waals surface area contributed by atoms with Crippen molar-refractivity contribution in [1.29, 1.82) is 0 Å². The maximum atomic E-state index is 12.5. The molecule has 2 aromatic heterocycles. The molecule has 0 atom stereocenters. The molecule has 0 aromatic carbocycles. The lowest BCUT2D eigenvalue weighted by atomic mass is 9.96. The van der Waals surface area contributed by atoms with Gasteiger partial charge in [-0.3, -0.25) is 0 Å². The van der Waals surface area contributed by atoms with Crippen LogP contribution in [0.2, 0.25) is 0 Å². The summed E-state index contributed by atoms with van der Waals surface area (Å²) in [4.78, 5) is 12.4. The van der Waals surface area contributed by atoms with Crippen molar-refractivity contribution >= 4 is 11.8 Å². The van der Waals surface area contributed by atoms with Gasteiger partial charge in [0.1, 0.15) is 15.9 Å². The highest BCUT2D eigenvalue weighted by molar-refractivity contribution is 7.99. The van der Waals surface area contributed by atoms with E-state index in [4.69, 9.17) is 0 Å². The van der Waals surface area contributed by atoms with E-state index in [2.05, 4.69) is 15.0 Å². The van der Waals surface area contributed by atoms with E-state index in [1.807, 2.05) is 20.8 Å². The Morgan fingerprint density at radius 2 is 1.67 bits per heavy atom. The number of pyridine rings is 1. The van der Waals surface area contributed by atoms with E-state index in [1.165, 1.54) is 17.8 Å². The molecular weight excluding hydrogens is 299 g/mol. The van der Waals surface area contributed by atoms with E-state index < -0.39 is 11.7 Å². The summed E-state index contributed by atoms with van der Waals surface area (Å²) in [6.07, 6.45) is -1.90. The van der Waals surface area contributed by atoms with Crippen molar-refractivity contribution in [1.82, 2.24) is 15.0 Å². The molecule has 0 saturated carbocycles. The van der Waals surface area contributed by atoms with Gasteiger partial charge in [-0.15, -0.1) is 0 Å². The van der Waals surface area contributed by atoms with Crippen LogP contribution in [0.5, 0.6) is 0 Å². The molecule has 7 heteroatoms. The predicted octanol–water partition coefficient (Wildman–Crippen LogP) is 4.34. The van der Waals surface area contributed by atoms with Gasteiger partial charge >= 0.3 is 6.18 Å². The molecular formula is C14H14F3N3S. The molecule has 0 unspecified atom stereocenters. The Morgan fingerprint density at radius 1 is 0.952 bits per heavy atom. The third kappa shape index (κ3) is 4.17. The van der Waals surface area contributed by atoms with Crippen LogP contribution in [0.15, 0.2) is 40.6 Å². The first kappa shape index (κ1) is 15.8. The maximum absolute atomic E-state index is 12.5. The van der Waals surface area contributed by atoms with Crippen molar-refractivity contribution in [2.75, 3.05) is 0 Å². The Labute approximate surface area is 125 Å². The molecule has 0 amide bonds. The van der Waals surface area contributed by atoms with Crippen molar-refractivity contribution in [3.63, 3.8) is 0 Å². The molecule has 2 rings (SSSR count). The van der Waals surface area contributed by atoms with Gasteiger partial charge in [-0.25, -0.2) is 15.0 Å². The van der Waals surface area contributed by atoms with E-state index >= 15 is 0 Å². The number of halogens is 3. The van der Waals surface area contributed by atoms with Crippen LogP contribution in [0, 0.1) is 0 Å². The minimum absolute atomic E-state index is 0.190. The fourth-order valence-electron chi connectivity index (χ4n) is 1.48. The Balaban J connectivity index is 2.19. The molecule has 0 radical (unpaired) electrons. The molecule has 2 aromatic rings. The molecule has 0 aliphatic carbocycles. The van der Waals surface area contributed by atoms with Crippen LogP contribution in [0.25, 0.3) is 0 Å². The number of alkyl halides is 3. The lowest BCUT2D eigenvalue weighted by molar-refractivity contribution is -0.137. The average molecular weight is 313 g/mol. The number of rotatable bonds is 2. The zero-order chi connectivity index (χ0) is 15.7. The van der Waals surface area contributed by atoms with Gasteiger partial charge in [0, 0.05) is 17.8 Å². The Bertz CT molecular complexity index is 619. The molecule has 0 aliphatic heterocycles. The molecule has 0 N–H and O–H groups in total. The lowest BCUT2D eigenvalue weighted by Gasteiger charge is -2.16. The van der Waals surface area contributed by atoms with Gasteiger partial charge in [-0.05, 0) is 30.0 Å². The minimum Gasteiger partial charge on any atom is -0.249 e. The SMILES string of the molecule is CC(C)(C)c1nccc(Sc2ccc(C(F)(F)F)cn2)n1. The zero-order valence-corrected chi connectivity index (χ0v) is 12.6. The molecule has 0 aliphatic rings. The van der Waals surface area contributed by atoms with Crippen LogP contribution in [0.1, 0.15) is 32.2 Å². The molecule has 112 valence electrons. The largest absolute Gasteiger partial charge is 0.417 e. The first-order valence-corrected chi connectivity index (χ1v) is 7.02. The molecule has 2 heterocycles. The normalized spacial score (nSPS) is 12.5. The van der Waals surface area contributed by atoms with Crippen LogP contribution in [0.3, 0.4) is 0 Å². The van der Waals surface area contributed by atoms with E-state index in [0.717, 1.165) is 12.3 Å². The number of aromatic nitrogens is 3. The van der Waals surface area contributed by atoms with Crippen LogP contribution in [-0.4, -0.2) is 15.0 Å². The second-order valence-corrected chi connectivity index (χ2v) is 6.49. The Morgan fingerprint density at radius 3 is 2.19 bits per heavy atom. The maximum Gasteiger partial charge on any atom is 0.417 e. The highest BCUT2D eigenvalue weighted by Gasteiger charge is 2.30. The summed E-state index contributed by atoms with van der Waals surface area (Å²) in [6, 6.07) is 4.06. The molecule has 3 nitrogen and oxygen atoms in total. The molecule has 0 fully saturated rings. The summed E-state index contributed by atoms with van der Waals surface area (Å²) in [7, 11) is 0. The van der Waals surface area contributed by atoms with Crippen molar-refractivity contribution < 1.29 is 13.2 Å². The number of nitrogens with zero attached hydrogens (tertiary/aromatic N) is 3. The monoisotopic (exact) mass is 313 g/mol. The molecule has 0 bridgehead atoms. The van der Waals surface area contributed by atoms with Crippen LogP contribution < -0.4 is 0 Å². The fraction of sp³-hybridized carbons (Fsp3) is 0.357. The first-order valence-electron chi connectivity index (χ1n) is 6.21. The van der Waals surface area contributed by atoms with E-state index in [0.29, 0.717) is 15.9 Å². The highest BCUT2D eigenvalue weighted by Crippen LogP contribution is 2.31. The summed E-state index contributed by atoms with van der Waals surface area (Å²) in [5, 5.41) is 1.11. The summed E-state index contributed by atoms with van der Waals surface area (Å²) < 4.78 is 37.4. The van der Waals surface area contributed by atoms with Crippen molar-refractivity contribution in [3.8, 4) is 0 Å². The summed E-state index contributed by atoms with van der Waals surface area (Å²) in [6.45, 7) is 5.98. The second-order valence-electron chi connectivity index (χ2n) is 5.45. The van der Waals surface area contributed by atoms with Crippen LogP contribution in [-0.2, 0) is 11.6 Å². The first-order chi connectivity index (χ1) is 9.66. The fourth-order valence-corrected chi connectivity index (χ4v) is 2.19. The van der Waals surface area contributed by atoms with Gasteiger partial charge in [-0.2, -0.15) is 13.2 Å². The summed E-state index contributed by atoms with van der Waals surface area (Å²) in [5.41, 5.74) is -0.950. The Kier molecular flexibility index (Phi) is 4.22. The van der Waals surface area contributed by atoms with E-state index in [1.54, 1.807) is 12.3 Å². The molecule has 0 saturated heterocycles. The van der Waals surface area contributed by atoms with Crippen molar-refractivity contribution in [2.24, 2.45) is 0 Å². The Hall–Kier alpha value is -1.63. The smallest absolute Gasteiger partial charge is 0.249 e.